The Morgan fingerprint density at radius 1 is 1.33 bits per heavy atom. The zero-order valence-electron chi connectivity index (χ0n) is 14.8. The quantitative estimate of drug-likeness (QED) is 0.872. The van der Waals surface area contributed by atoms with Gasteiger partial charge in [0.2, 0.25) is 0 Å². The van der Waals surface area contributed by atoms with Gasteiger partial charge in [0, 0.05) is 6.04 Å². The van der Waals surface area contributed by atoms with E-state index in [-0.39, 0.29) is 5.91 Å². The van der Waals surface area contributed by atoms with Crippen molar-refractivity contribution in [3.8, 4) is 0 Å². The van der Waals surface area contributed by atoms with Crippen molar-refractivity contribution in [2.24, 2.45) is 11.8 Å². The van der Waals surface area contributed by atoms with Crippen molar-refractivity contribution in [3.05, 3.63) is 29.3 Å². The van der Waals surface area contributed by atoms with Gasteiger partial charge in [0.05, 0.1) is 17.3 Å². The van der Waals surface area contributed by atoms with Crippen LogP contribution in [0.5, 0.6) is 0 Å². The number of hydrogen-bond acceptors (Lipinski definition) is 3. The van der Waals surface area contributed by atoms with Crippen LogP contribution in [0.2, 0.25) is 0 Å². The first-order valence-electron chi connectivity index (χ1n) is 8.98. The minimum Gasteiger partial charge on any atom is -0.348 e. The molecule has 0 bridgehead atoms. The predicted octanol–water partition coefficient (Wildman–Crippen LogP) is 2.25. The number of fused-ring (bicyclic) bond motifs is 1. The third-order valence-electron chi connectivity index (χ3n) is 5.31. The second-order valence-electron chi connectivity index (χ2n) is 7.33. The Morgan fingerprint density at radius 2 is 2.12 bits per heavy atom. The van der Waals surface area contributed by atoms with Gasteiger partial charge in [0.15, 0.2) is 6.54 Å². The number of hydrogen-bond donors (Lipinski definition) is 2. The molecule has 1 aliphatic rings. The molecule has 5 heteroatoms. The third-order valence-corrected chi connectivity index (χ3v) is 6.34. The molecule has 1 saturated carbocycles. The first kappa shape index (κ1) is 17.4. The number of carbonyl (C=O) groups is 1. The molecule has 1 aliphatic carbocycles. The fourth-order valence-corrected chi connectivity index (χ4v) is 4.72. The van der Waals surface area contributed by atoms with Crippen LogP contribution in [0.15, 0.2) is 24.3 Å². The lowest BCUT2D eigenvalue weighted by atomic mass is 9.78. The zero-order chi connectivity index (χ0) is 17.1. The summed E-state index contributed by atoms with van der Waals surface area (Å²) < 4.78 is 1.22. The molecule has 1 unspecified atom stereocenters. The number of nitrogens with one attached hydrogen (secondary N) is 2. The van der Waals surface area contributed by atoms with Gasteiger partial charge in [0.25, 0.3) is 5.91 Å². The van der Waals surface area contributed by atoms with Crippen molar-refractivity contribution in [3.63, 3.8) is 0 Å². The summed E-state index contributed by atoms with van der Waals surface area (Å²) in [7, 11) is 2.07. The molecular formula is C19H28N3OS+. The van der Waals surface area contributed by atoms with Crippen LogP contribution < -0.4 is 10.2 Å². The number of amides is 1. The van der Waals surface area contributed by atoms with E-state index in [1.165, 1.54) is 22.4 Å². The number of rotatable bonds is 5. The lowest BCUT2D eigenvalue weighted by Crippen LogP contribution is -3.09. The minimum atomic E-state index is 0.166. The highest BCUT2D eigenvalue weighted by atomic mass is 32.1. The molecule has 1 aromatic carbocycles. The van der Waals surface area contributed by atoms with E-state index in [4.69, 9.17) is 0 Å². The summed E-state index contributed by atoms with van der Waals surface area (Å²) in [6.45, 7) is 5.87. The van der Waals surface area contributed by atoms with Crippen LogP contribution in [0, 0.1) is 11.8 Å². The predicted molar refractivity (Wildman–Crippen MR) is 99.2 cm³/mol. The van der Waals surface area contributed by atoms with Crippen molar-refractivity contribution in [2.75, 3.05) is 13.6 Å². The van der Waals surface area contributed by atoms with Crippen LogP contribution in [0.1, 0.15) is 38.1 Å². The Kier molecular flexibility index (Phi) is 5.51. The van der Waals surface area contributed by atoms with Crippen LogP contribution in [0.4, 0.5) is 0 Å². The van der Waals surface area contributed by atoms with Crippen LogP contribution >= 0.6 is 11.3 Å². The molecule has 2 aromatic rings. The van der Waals surface area contributed by atoms with Gasteiger partial charge >= 0.3 is 0 Å². The molecule has 1 aromatic heterocycles. The summed E-state index contributed by atoms with van der Waals surface area (Å²) in [5.74, 6) is 1.45. The molecule has 1 heterocycles. The van der Waals surface area contributed by atoms with Crippen LogP contribution in [0.3, 0.4) is 0 Å². The first-order valence-corrected chi connectivity index (χ1v) is 9.79. The van der Waals surface area contributed by atoms with E-state index in [1.54, 1.807) is 11.3 Å². The number of thiazole rings is 1. The molecule has 24 heavy (non-hydrogen) atoms. The lowest BCUT2D eigenvalue weighted by molar-refractivity contribution is -0.885. The largest absolute Gasteiger partial charge is 0.348 e. The van der Waals surface area contributed by atoms with Crippen molar-refractivity contribution >= 4 is 27.5 Å². The summed E-state index contributed by atoms with van der Waals surface area (Å²) in [6.07, 6.45) is 3.63. The van der Waals surface area contributed by atoms with E-state index in [0.717, 1.165) is 23.5 Å². The Balaban J connectivity index is 1.52. The molecule has 0 radical (unpaired) electrons. The molecule has 2 N–H and O–H groups in total. The van der Waals surface area contributed by atoms with Gasteiger partial charge in [-0.15, -0.1) is 11.3 Å². The van der Waals surface area contributed by atoms with Crippen LogP contribution in [-0.4, -0.2) is 30.5 Å². The molecule has 1 fully saturated rings. The molecule has 1 amide bonds. The van der Waals surface area contributed by atoms with Crippen molar-refractivity contribution in [1.29, 1.82) is 0 Å². The van der Waals surface area contributed by atoms with Crippen LogP contribution in [-0.2, 0) is 11.3 Å². The van der Waals surface area contributed by atoms with Crippen molar-refractivity contribution < 1.29 is 9.69 Å². The minimum absolute atomic E-state index is 0.166. The van der Waals surface area contributed by atoms with Crippen molar-refractivity contribution in [1.82, 2.24) is 10.3 Å². The Bertz CT molecular complexity index is 666. The summed E-state index contributed by atoms with van der Waals surface area (Å²) in [4.78, 5) is 18.2. The maximum atomic E-state index is 12.4. The number of para-hydroxylation sites is 1. The van der Waals surface area contributed by atoms with Gasteiger partial charge < -0.3 is 10.2 Å². The number of likely N-dealkylation sites (N-methyl/N-ethyl adjacent to an activating group) is 1. The Morgan fingerprint density at radius 3 is 2.92 bits per heavy atom. The lowest BCUT2D eigenvalue weighted by Gasteiger charge is -2.34. The van der Waals surface area contributed by atoms with Crippen LogP contribution in [0.25, 0.3) is 10.2 Å². The van der Waals surface area contributed by atoms with E-state index in [2.05, 4.69) is 37.3 Å². The van der Waals surface area contributed by atoms with Crippen molar-refractivity contribution in [2.45, 2.75) is 45.7 Å². The van der Waals surface area contributed by atoms with E-state index in [1.807, 2.05) is 18.2 Å². The summed E-state index contributed by atoms with van der Waals surface area (Å²) in [6, 6.07) is 8.55. The highest BCUT2D eigenvalue weighted by Gasteiger charge is 2.28. The van der Waals surface area contributed by atoms with Gasteiger partial charge in [-0.2, -0.15) is 0 Å². The van der Waals surface area contributed by atoms with E-state index < -0.39 is 0 Å². The molecule has 4 nitrogen and oxygen atoms in total. The summed E-state index contributed by atoms with van der Waals surface area (Å²) in [5.41, 5.74) is 1.06. The van der Waals surface area contributed by atoms with Gasteiger partial charge in [-0.05, 0) is 30.4 Å². The number of benzene rings is 1. The molecular weight excluding hydrogens is 318 g/mol. The second kappa shape index (κ2) is 7.62. The zero-order valence-corrected chi connectivity index (χ0v) is 15.7. The van der Waals surface area contributed by atoms with E-state index in [0.29, 0.717) is 24.4 Å². The summed E-state index contributed by atoms with van der Waals surface area (Å²) >= 11 is 1.73. The maximum Gasteiger partial charge on any atom is 0.275 e. The molecule has 4 atom stereocenters. The normalized spacial score (nSPS) is 25.5. The molecule has 3 rings (SSSR count). The Hall–Kier alpha value is -1.46. The smallest absolute Gasteiger partial charge is 0.275 e. The maximum absolute atomic E-state index is 12.4. The third kappa shape index (κ3) is 4.14. The fraction of sp³-hybridized carbons (Fsp3) is 0.579. The second-order valence-corrected chi connectivity index (χ2v) is 8.44. The number of quaternary nitrogens is 1. The first-order chi connectivity index (χ1) is 11.5. The molecule has 130 valence electrons. The number of aromatic nitrogens is 1. The Labute approximate surface area is 148 Å². The summed E-state index contributed by atoms with van der Waals surface area (Å²) in [5, 5.41) is 4.36. The number of carbonyl (C=O) groups excluding carboxylic acids is 1. The van der Waals surface area contributed by atoms with Gasteiger partial charge in [0.1, 0.15) is 11.6 Å². The average molecular weight is 347 g/mol. The fourth-order valence-electron chi connectivity index (χ4n) is 3.63. The molecule has 0 spiro atoms. The van der Waals surface area contributed by atoms with Gasteiger partial charge in [-0.3, -0.25) is 4.79 Å². The number of nitrogens with zero attached hydrogens (tertiary/aromatic N) is 1. The monoisotopic (exact) mass is 346 g/mol. The topological polar surface area (TPSA) is 46.4 Å². The SMILES string of the molecule is C[C@@H]1[C@H](C)CCC[C@@H]1NC(=O)C[NH+](C)Cc1nc2ccccc2s1. The van der Waals surface area contributed by atoms with E-state index in [9.17, 15) is 4.79 Å². The highest BCUT2D eigenvalue weighted by molar-refractivity contribution is 7.18. The molecule has 0 aliphatic heterocycles. The van der Waals surface area contributed by atoms with E-state index >= 15 is 0 Å². The molecule has 0 saturated heterocycles. The van der Waals surface area contributed by atoms with Gasteiger partial charge in [-0.1, -0.05) is 38.8 Å². The standard InChI is InChI=1S/C19H27N3OS/c1-13-7-6-9-15(14(13)2)20-18(23)11-22(3)12-19-21-16-8-4-5-10-17(16)24-19/h4-5,8,10,13-15H,6-7,9,11-12H2,1-3H3,(H,20,23)/p+1/t13-,14-,15+/m1/s1. The average Bonchev–Trinajstić information content (AvgIpc) is 2.93. The highest BCUT2D eigenvalue weighted by Crippen LogP contribution is 2.29. The van der Waals surface area contributed by atoms with Gasteiger partial charge in [-0.25, -0.2) is 4.98 Å².